The van der Waals surface area contributed by atoms with Gasteiger partial charge in [-0.05, 0) is 42.0 Å². The van der Waals surface area contributed by atoms with Gasteiger partial charge in [0.15, 0.2) is 0 Å². The van der Waals surface area contributed by atoms with Gasteiger partial charge in [-0.15, -0.1) is 0 Å². The molecule has 0 aliphatic rings. The number of alkyl halides is 3. The summed E-state index contributed by atoms with van der Waals surface area (Å²) in [5, 5.41) is 1.83. The predicted octanol–water partition coefficient (Wildman–Crippen LogP) is 6.08. The Balaban J connectivity index is 1.85. The molecule has 4 aromatic rings. The van der Waals surface area contributed by atoms with Crippen LogP contribution >= 0.6 is 11.6 Å². The molecule has 4 rings (SSSR count). The Hall–Kier alpha value is -4.42. The lowest BCUT2D eigenvalue weighted by Gasteiger charge is -2.33. The minimum absolute atomic E-state index is 0.0225. The van der Waals surface area contributed by atoms with Crippen LogP contribution in [0.3, 0.4) is 0 Å². The van der Waals surface area contributed by atoms with E-state index in [-0.39, 0.29) is 16.9 Å². The van der Waals surface area contributed by atoms with E-state index in [4.69, 9.17) is 11.6 Å². The molecule has 236 valence electrons. The van der Waals surface area contributed by atoms with Crippen LogP contribution in [0.4, 0.5) is 23.2 Å². The second-order valence-corrected chi connectivity index (χ2v) is 12.2. The molecular formula is C32H28ClF4N3O4S. The first-order chi connectivity index (χ1) is 21.3. The number of carbonyl (C=O) groups excluding carboxylic acids is 2. The zero-order chi connectivity index (χ0) is 32.8. The number of anilines is 1. The SMILES string of the molecule is CNC(=O)C(Cc1ccccc1)N(Cc1ccccc1F)C(=O)CN(c1ccc(Cl)c(C(F)(F)F)c1)S(=O)(=O)c1ccccc1. The maximum atomic E-state index is 14.9. The van der Waals surface area contributed by atoms with Gasteiger partial charge in [-0.1, -0.05) is 78.3 Å². The number of benzene rings is 4. The van der Waals surface area contributed by atoms with E-state index in [0.717, 1.165) is 17.0 Å². The number of amides is 2. The van der Waals surface area contributed by atoms with Crippen molar-refractivity contribution in [2.45, 2.75) is 30.1 Å². The molecule has 1 N–H and O–H groups in total. The van der Waals surface area contributed by atoms with E-state index in [9.17, 15) is 35.6 Å². The number of nitrogens with zero attached hydrogens (tertiary/aromatic N) is 2. The van der Waals surface area contributed by atoms with E-state index >= 15 is 0 Å². The van der Waals surface area contributed by atoms with Gasteiger partial charge in [0.1, 0.15) is 18.4 Å². The first-order valence-electron chi connectivity index (χ1n) is 13.6. The van der Waals surface area contributed by atoms with Crippen LogP contribution in [0.1, 0.15) is 16.7 Å². The Morgan fingerprint density at radius 2 is 1.49 bits per heavy atom. The average molecular weight is 662 g/mol. The van der Waals surface area contributed by atoms with E-state index in [1.807, 2.05) is 0 Å². The number of sulfonamides is 1. The molecule has 0 saturated carbocycles. The lowest BCUT2D eigenvalue weighted by Crippen LogP contribution is -2.53. The van der Waals surface area contributed by atoms with Gasteiger partial charge < -0.3 is 10.2 Å². The van der Waals surface area contributed by atoms with Crippen molar-refractivity contribution in [2.75, 3.05) is 17.9 Å². The molecule has 0 radical (unpaired) electrons. The Bertz CT molecular complexity index is 1760. The van der Waals surface area contributed by atoms with E-state index in [1.54, 1.807) is 36.4 Å². The van der Waals surface area contributed by atoms with Crippen LogP contribution in [0.5, 0.6) is 0 Å². The van der Waals surface area contributed by atoms with Crippen LogP contribution < -0.4 is 9.62 Å². The van der Waals surface area contributed by atoms with Crippen LogP contribution in [0, 0.1) is 5.82 Å². The second-order valence-electron chi connectivity index (χ2n) is 9.92. The van der Waals surface area contributed by atoms with Gasteiger partial charge in [0.25, 0.3) is 10.0 Å². The first kappa shape index (κ1) is 33.5. The quantitative estimate of drug-likeness (QED) is 0.198. The zero-order valence-electron chi connectivity index (χ0n) is 23.8. The van der Waals surface area contributed by atoms with E-state index in [2.05, 4.69) is 5.32 Å². The van der Waals surface area contributed by atoms with E-state index < -0.39 is 69.2 Å². The topological polar surface area (TPSA) is 86.8 Å². The molecule has 0 spiro atoms. The third-order valence-corrected chi connectivity index (χ3v) is 9.09. The number of hydrogen-bond donors (Lipinski definition) is 1. The Kier molecular flexibility index (Phi) is 10.5. The first-order valence-corrected chi connectivity index (χ1v) is 15.4. The highest BCUT2D eigenvalue weighted by atomic mass is 35.5. The van der Waals surface area contributed by atoms with Crippen LogP contribution in [-0.2, 0) is 38.8 Å². The standard InChI is InChI=1S/C32H28ClF4N3O4S/c1-38-31(42)29(18-22-10-4-2-5-11-22)39(20-23-12-8-9-15-28(23)34)30(41)21-40(45(43,44)25-13-6-3-7-14-25)24-16-17-27(33)26(19-24)32(35,36)37/h2-17,19,29H,18,20-21H2,1H3,(H,38,42). The summed E-state index contributed by atoms with van der Waals surface area (Å²) in [7, 11) is -3.30. The van der Waals surface area contributed by atoms with Crippen molar-refractivity contribution in [3.05, 3.63) is 131 Å². The summed E-state index contributed by atoms with van der Waals surface area (Å²) >= 11 is 5.80. The highest BCUT2D eigenvalue weighted by Gasteiger charge is 2.37. The molecule has 13 heteroatoms. The van der Waals surface area contributed by atoms with Crippen molar-refractivity contribution in [1.29, 1.82) is 0 Å². The number of rotatable bonds is 11. The predicted molar refractivity (Wildman–Crippen MR) is 162 cm³/mol. The van der Waals surface area contributed by atoms with Gasteiger partial charge in [0.05, 0.1) is 21.2 Å². The summed E-state index contributed by atoms with van der Waals surface area (Å²) in [6, 6.07) is 22.3. The Morgan fingerprint density at radius 3 is 2.09 bits per heavy atom. The van der Waals surface area contributed by atoms with Crippen LogP contribution in [0.15, 0.2) is 108 Å². The lowest BCUT2D eigenvalue weighted by atomic mass is 10.0. The molecule has 7 nitrogen and oxygen atoms in total. The third-order valence-electron chi connectivity index (χ3n) is 6.97. The molecule has 4 aromatic carbocycles. The third kappa shape index (κ3) is 8.00. The number of halogens is 5. The molecule has 0 heterocycles. The molecule has 45 heavy (non-hydrogen) atoms. The normalized spacial score (nSPS) is 12.3. The molecule has 2 amide bonds. The van der Waals surface area contributed by atoms with E-state index in [0.29, 0.717) is 15.9 Å². The monoisotopic (exact) mass is 661 g/mol. The Morgan fingerprint density at radius 1 is 0.889 bits per heavy atom. The van der Waals surface area contributed by atoms with Crippen molar-refractivity contribution < 1.29 is 35.6 Å². The zero-order valence-corrected chi connectivity index (χ0v) is 25.4. The molecule has 0 bridgehead atoms. The number of hydrogen-bond acceptors (Lipinski definition) is 4. The summed E-state index contributed by atoms with van der Waals surface area (Å²) in [4.78, 5) is 28.2. The molecule has 0 aromatic heterocycles. The lowest BCUT2D eigenvalue weighted by molar-refractivity contribution is -0.139. The molecule has 1 unspecified atom stereocenters. The van der Waals surface area contributed by atoms with Gasteiger partial charge in [0.2, 0.25) is 11.8 Å². The number of carbonyl (C=O) groups is 2. The largest absolute Gasteiger partial charge is 0.417 e. The smallest absolute Gasteiger partial charge is 0.357 e. The average Bonchev–Trinajstić information content (AvgIpc) is 3.02. The molecule has 1 atom stereocenters. The van der Waals surface area contributed by atoms with Crippen molar-refractivity contribution in [1.82, 2.24) is 10.2 Å². The van der Waals surface area contributed by atoms with Crippen molar-refractivity contribution >= 4 is 39.1 Å². The summed E-state index contributed by atoms with van der Waals surface area (Å²) in [5.74, 6) is -2.26. The van der Waals surface area contributed by atoms with Gasteiger partial charge in [-0.2, -0.15) is 13.2 Å². The van der Waals surface area contributed by atoms with Gasteiger partial charge >= 0.3 is 6.18 Å². The summed E-state index contributed by atoms with van der Waals surface area (Å²) < 4.78 is 84.6. The number of nitrogens with one attached hydrogen (secondary N) is 1. The maximum absolute atomic E-state index is 14.9. The summed E-state index contributed by atoms with van der Waals surface area (Å²) in [6.45, 7) is -1.46. The van der Waals surface area contributed by atoms with Crippen molar-refractivity contribution in [3.8, 4) is 0 Å². The maximum Gasteiger partial charge on any atom is 0.417 e. The minimum atomic E-state index is -4.93. The van der Waals surface area contributed by atoms with Crippen LogP contribution in [0.2, 0.25) is 5.02 Å². The summed E-state index contributed by atoms with van der Waals surface area (Å²) in [5.41, 5.74) is -1.11. The summed E-state index contributed by atoms with van der Waals surface area (Å²) in [6.07, 6.45) is -4.96. The molecule has 0 saturated heterocycles. The Labute approximate surface area is 263 Å². The van der Waals surface area contributed by atoms with Gasteiger partial charge in [-0.25, -0.2) is 12.8 Å². The van der Waals surface area contributed by atoms with Crippen LogP contribution in [-0.4, -0.2) is 44.8 Å². The second kappa shape index (κ2) is 14.1. The highest BCUT2D eigenvalue weighted by Crippen LogP contribution is 2.38. The minimum Gasteiger partial charge on any atom is -0.357 e. The fourth-order valence-electron chi connectivity index (χ4n) is 4.66. The van der Waals surface area contributed by atoms with Crippen LogP contribution in [0.25, 0.3) is 0 Å². The fourth-order valence-corrected chi connectivity index (χ4v) is 6.32. The number of likely N-dealkylation sites (N-methyl/N-ethyl adjacent to an activating group) is 1. The van der Waals surface area contributed by atoms with Crippen molar-refractivity contribution in [3.63, 3.8) is 0 Å². The van der Waals surface area contributed by atoms with Crippen molar-refractivity contribution in [2.24, 2.45) is 0 Å². The fraction of sp³-hybridized carbons (Fsp3) is 0.188. The van der Waals surface area contributed by atoms with E-state index in [1.165, 1.54) is 55.6 Å². The van der Waals surface area contributed by atoms with Gasteiger partial charge in [0, 0.05) is 25.6 Å². The molecule has 0 aliphatic carbocycles. The van der Waals surface area contributed by atoms with Gasteiger partial charge in [-0.3, -0.25) is 13.9 Å². The molecule has 0 fully saturated rings. The molecular weight excluding hydrogens is 634 g/mol. The molecule has 0 aliphatic heterocycles. The highest BCUT2D eigenvalue weighted by molar-refractivity contribution is 7.92.